The van der Waals surface area contributed by atoms with Crippen LogP contribution in [0.2, 0.25) is 0 Å². The molecule has 9 heterocycles. The Kier molecular flexibility index (Phi) is 20.0. The van der Waals surface area contributed by atoms with Crippen LogP contribution >= 0.6 is 22.7 Å². The largest absolute Gasteiger partial charge is 0.456 e. The maximum atomic E-state index is 6.73. The normalized spacial score (nSPS) is 11.8. The van der Waals surface area contributed by atoms with Crippen molar-refractivity contribution in [1.29, 1.82) is 0 Å². The Bertz CT molecular complexity index is 10200. The molecular weight excluding hydrogens is 1800 g/mol. The Hall–Kier alpha value is -18.9. The van der Waals surface area contributed by atoms with Gasteiger partial charge < -0.3 is 17.7 Å². The summed E-state index contributed by atoms with van der Waals surface area (Å²) in [6.07, 6.45) is 0. The van der Waals surface area contributed by atoms with Crippen LogP contribution in [0.25, 0.3) is 296 Å². The van der Waals surface area contributed by atoms with Crippen LogP contribution in [-0.2, 0) is 0 Å². The highest BCUT2D eigenvalue weighted by Gasteiger charge is 2.28. The van der Waals surface area contributed by atoms with Gasteiger partial charge in [0, 0.05) is 139 Å². The lowest BCUT2D eigenvalue weighted by atomic mass is 9.95. The molecule has 30 rings (SSSR count). The van der Waals surface area contributed by atoms with E-state index in [1.165, 1.54) is 40.3 Å². The third kappa shape index (κ3) is 14.8. The maximum Gasteiger partial charge on any atom is 0.164 e. The summed E-state index contributed by atoms with van der Waals surface area (Å²) in [7, 11) is 0. The fraction of sp³-hybridized carbons (Fsp3) is 0. The third-order valence-corrected chi connectivity index (χ3v) is 29.6. The molecule has 30 aromatic rings. The fourth-order valence-corrected chi connectivity index (χ4v) is 22.7. The van der Waals surface area contributed by atoms with E-state index in [1.54, 1.807) is 0 Å². The average Bonchev–Trinajstić information content (AvgIpc) is 1.59. The van der Waals surface area contributed by atoms with Crippen molar-refractivity contribution in [2.24, 2.45) is 0 Å². The first kappa shape index (κ1) is 83.3. The molecule has 672 valence electrons. The van der Waals surface area contributed by atoms with Gasteiger partial charge in [0.25, 0.3) is 0 Å². The summed E-state index contributed by atoms with van der Waals surface area (Å²) in [5.74, 6) is 5.50. The lowest BCUT2D eigenvalue weighted by Gasteiger charge is -2.12. The number of aromatic nitrogens is 9. The van der Waals surface area contributed by atoms with Crippen LogP contribution in [0, 0.1) is 0 Å². The summed E-state index contributed by atoms with van der Waals surface area (Å²) in [6, 6.07) is 157. The molecule has 9 aromatic heterocycles. The Morgan fingerprint density at radius 3 is 0.875 bits per heavy atom. The van der Waals surface area contributed by atoms with Crippen molar-refractivity contribution in [3.05, 3.63) is 455 Å². The molecule has 0 unspecified atom stereocenters. The molecule has 0 spiro atoms. The Morgan fingerprint density at radius 2 is 0.444 bits per heavy atom. The van der Waals surface area contributed by atoms with Crippen LogP contribution in [0.3, 0.4) is 0 Å². The highest BCUT2D eigenvalue weighted by Crippen LogP contribution is 2.50. The highest BCUT2D eigenvalue weighted by atomic mass is 32.1. The monoisotopic (exact) mass is 1880 g/mol. The molecule has 21 aromatic carbocycles. The molecule has 0 fully saturated rings. The molecular formula is C129H75N9O4S2. The molecule has 0 N–H and O–H groups in total. The topological polar surface area (TPSA) is 169 Å². The van der Waals surface area contributed by atoms with Crippen molar-refractivity contribution in [1.82, 2.24) is 44.9 Å². The molecule has 0 amide bonds. The van der Waals surface area contributed by atoms with E-state index < -0.39 is 0 Å². The summed E-state index contributed by atoms with van der Waals surface area (Å²) in [5, 5.41) is 20.0. The number of benzene rings is 21. The predicted molar refractivity (Wildman–Crippen MR) is 592 cm³/mol. The summed E-state index contributed by atoms with van der Waals surface area (Å²) < 4.78 is 31.7. The first-order valence-electron chi connectivity index (χ1n) is 47.8. The molecule has 0 aliphatic carbocycles. The Labute approximate surface area is 830 Å². The average molecular weight is 1880 g/mol. The molecule has 0 bridgehead atoms. The summed E-state index contributed by atoms with van der Waals surface area (Å²) in [5.41, 5.74) is 21.0. The van der Waals surface area contributed by atoms with E-state index in [0.717, 1.165) is 204 Å². The first-order chi connectivity index (χ1) is 71.3. The van der Waals surface area contributed by atoms with Gasteiger partial charge in [-0.1, -0.05) is 346 Å². The number of rotatable bonds is 12. The number of furan rings is 4. The zero-order valence-corrected chi connectivity index (χ0v) is 78.4. The van der Waals surface area contributed by atoms with Gasteiger partial charge in [-0.25, -0.2) is 44.9 Å². The van der Waals surface area contributed by atoms with Crippen LogP contribution in [0.4, 0.5) is 0 Å². The van der Waals surface area contributed by atoms with Gasteiger partial charge in [-0.3, -0.25) is 0 Å². The second-order valence-corrected chi connectivity index (χ2v) is 38.2. The zero-order valence-electron chi connectivity index (χ0n) is 76.8. The van der Waals surface area contributed by atoms with Crippen LogP contribution in [0.15, 0.2) is 473 Å². The van der Waals surface area contributed by atoms with Gasteiger partial charge in [0.2, 0.25) is 0 Å². The zero-order chi connectivity index (χ0) is 94.8. The minimum absolute atomic E-state index is 0.571. The predicted octanol–water partition coefficient (Wildman–Crippen LogP) is 35.4. The molecule has 0 atom stereocenters. The van der Waals surface area contributed by atoms with Crippen molar-refractivity contribution >= 4 is 183 Å². The van der Waals surface area contributed by atoms with Gasteiger partial charge in [-0.15, -0.1) is 22.7 Å². The van der Waals surface area contributed by atoms with Gasteiger partial charge in [0.15, 0.2) is 52.4 Å². The van der Waals surface area contributed by atoms with Crippen LogP contribution < -0.4 is 0 Å². The molecule has 15 heteroatoms. The summed E-state index contributed by atoms with van der Waals surface area (Å²) in [4.78, 5) is 45.8. The second-order valence-electron chi connectivity index (χ2n) is 36.1. The van der Waals surface area contributed by atoms with E-state index in [-0.39, 0.29) is 0 Å². The van der Waals surface area contributed by atoms with Gasteiger partial charge in [-0.2, -0.15) is 0 Å². The SMILES string of the molecule is c1ccc(-c2nc(-c3ccccc3)nc(-c3cc(-c4ccc5sc6ccccc6c5c4)cc4oc5cc6ccccc6cc5c34)n2)cc1.c1ccc(-c2nc(-c3ccccc3)nc(-c3cc(-c4cccc5c4oc4ccccc45)cc4oc5cc6ccccc6cc5c34)n2)cc1.c1ccc(-c2nc(-c3ccccc3)nc(-c3cc(-c4cccc5sc6ccccc6c45)cc4oc5cc6ccccc6cc5c34)n2)cc1. The van der Waals surface area contributed by atoms with Crippen LogP contribution in [-0.4, -0.2) is 44.9 Å². The standard InChI is InChI=1S/C43H25N3O2.2C43H25N3OS/c1-3-12-26(13-4-1)41-44-42(27-14-5-2-6-15-27)46-43(45-41)35-23-30(31-19-11-20-33-32-18-9-10-21-36(32)48-40(31)33)25-38-39(35)34-22-28-16-7-8-17-29(28)24-37(34)47-38;1-3-12-26(13-4-1)41-44-42(27-14-5-2-6-15-27)46-43(45-41)34-23-30(31-19-11-21-38-40(31)32-18-9-10-20-37(32)48-38)25-36-39(34)33-22-28-16-7-8-17-29(28)24-35(33)47-36;1-3-11-26(12-4-1)41-44-42(27-13-5-2-6-14-27)46-43(45-41)35-23-31(30-19-20-39-33(21-30)32-17-9-10-18-38(32)48-39)25-37-40(35)34-22-28-15-7-8-16-29(28)24-36(34)47-37/h3*1-25H. The van der Waals surface area contributed by atoms with Gasteiger partial charge in [0.1, 0.15) is 44.7 Å². The number of nitrogens with zero attached hydrogens (tertiary/aromatic N) is 9. The number of thiophene rings is 2. The molecule has 144 heavy (non-hydrogen) atoms. The molecule has 0 saturated heterocycles. The van der Waals surface area contributed by atoms with E-state index in [4.69, 9.17) is 62.5 Å². The summed E-state index contributed by atoms with van der Waals surface area (Å²) in [6.45, 7) is 0. The van der Waals surface area contributed by atoms with Gasteiger partial charge in [0.05, 0.1) is 0 Å². The lowest BCUT2D eigenvalue weighted by molar-refractivity contribution is 0.668. The Morgan fingerprint density at radius 1 is 0.139 bits per heavy atom. The number of para-hydroxylation sites is 2. The smallest absolute Gasteiger partial charge is 0.164 e. The minimum atomic E-state index is 0.571. The van der Waals surface area contributed by atoms with Crippen molar-refractivity contribution in [3.63, 3.8) is 0 Å². The highest BCUT2D eigenvalue weighted by molar-refractivity contribution is 7.26. The van der Waals surface area contributed by atoms with Crippen molar-refractivity contribution in [3.8, 4) is 136 Å². The lowest BCUT2D eigenvalue weighted by Crippen LogP contribution is -2.00. The van der Waals surface area contributed by atoms with E-state index in [1.807, 2.05) is 223 Å². The molecule has 0 saturated carbocycles. The van der Waals surface area contributed by atoms with E-state index in [2.05, 4.69) is 255 Å². The number of hydrogen-bond acceptors (Lipinski definition) is 15. The summed E-state index contributed by atoms with van der Waals surface area (Å²) >= 11 is 3.65. The van der Waals surface area contributed by atoms with Crippen LogP contribution in [0.1, 0.15) is 0 Å². The Balaban J connectivity index is 0.000000105. The van der Waals surface area contributed by atoms with Crippen molar-refractivity contribution in [2.45, 2.75) is 0 Å². The van der Waals surface area contributed by atoms with Gasteiger partial charge in [-0.05, 0) is 169 Å². The maximum absolute atomic E-state index is 6.73. The van der Waals surface area contributed by atoms with E-state index in [9.17, 15) is 0 Å². The second kappa shape index (κ2) is 34.6. The number of hydrogen-bond donors (Lipinski definition) is 0. The first-order valence-corrected chi connectivity index (χ1v) is 49.4. The van der Waals surface area contributed by atoms with Crippen LogP contribution in [0.5, 0.6) is 0 Å². The van der Waals surface area contributed by atoms with E-state index in [0.29, 0.717) is 52.4 Å². The molecule has 0 aliphatic heterocycles. The minimum Gasteiger partial charge on any atom is -0.456 e. The number of fused-ring (bicyclic) bond motifs is 21. The fourth-order valence-electron chi connectivity index (χ4n) is 20.5. The van der Waals surface area contributed by atoms with E-state index >= 15 is 0 Å². The molecule has 13 nitrogen and oxygen atoms in total. The third-order valence-electron chi connectivity index (χ3n) is 27.3. The molecule has 0 radical (unpaired) electrons. The van der Waals surface area contributed by atoms with Crippen molar-refractivity contribution in [2.75, 3.05) is 0 Å². The van der Waals surface area contributed by atoms with Crippen molar-refractivity contribution < 1.29 is 17.7 Å². The van der Waals surface area contributed by atoms with Gasteiger partial charge >= 0.3 is 0 Å². The quantitative estimate of drug-likeness (QED) is 0.113. The molecule has 0 aliphatic rings.